The summed E-state index contributed by atoms with van der Waals surface area (Å²) >= 11 is 3.41. The molecule has 0 aliphatic carbocycles. The molecule has 1 aromatic carbocycles. The zero-order chi connectivity index (χ0) is 12.1. The molecule has 1 heterocycles. The third-order valence-corrected chi connectivity index (χ3v) is 2.86. The standard InChI is InChI=1S/C13H13BrN2O/c14-11-2-1-3-12(8-11)17-13(9-15)10-4-6-16-7-5-10/h1-8,13H,9,15H2. The minimum Gasteiger partial charge on any atom is -0.484 e. The average Bonchev–Trinajstić information content (AvgIpc) is 2.37. The third kappa shape index (κ3) is 3.28. The summed E-state index contributed by atoms with van der Waals surface area (Å²) in [5, 5.41) is 0. The Morgan fingerprint density at radius 1 is 1.24 bits per heavy atom. The van der Waals surface area contributed by atoms with E-state index in [1.165, 1.54) is 0 Å². The topological polar surface area (TPSA) is 48.1 Å². The average molecular weight is 293 g/mol. The Bertz CT molecular complexity index is 476. The molecular weight excluding hydrogens is 280 g/mol. The van der Waals surface area contributed by atoms with Gasteiger partial charge in [0.2, 0.25) is 0 Å². The third-order valence-electron chi connectivity index (χ3n) is 2.37. The van der Waals surface area contributed by atoms with E-state index in [0.717, 1.165) is 15.8 Å². The highest BCUT2D eigenvalue weighted by Crippen LogP contribution is 2.23. The van der Waals surface area contributed by atoms with Crippen LogP contribution in [0.2, 0.25) is 0 Å². The highest BCUT2D eigenvalue weighted by molar-refractivity contribution is 9.10. The first-order valence-electron chi connectivity index (χ1n) is 5.32. The number of benzene rings is 1. The van der Waals surface area contributed by atoms with Gasteiger partial charge in [-0.2, -0.15) is 0 Å². The molecule has 0 fully saturated rings. The van der Waals surface area contributed by atoms with Gasteiger partial charge >= 0.3 is 0 Å². The lowest BCUT2D eigenvalue weighted by Gasteiger charge is -2.17. The van der Waals surface area contributed by atoms with E-state index in [0.29, 0.717) is 6.54 Å². The van der Waals surface area contributed by atoms with Gasteiger partial charge in [-0.25, -0.2) is 0 Å². The summed E-state index contributed by atoms with van der Waals surface area (Å²) in [5.41, 5.74) is 6.76. The second-order valence-electron chi connectivity index (χ2n) is 3.58. The number of pyridine rings is 1. The van der Waals surface area contributed by atoms with Crippen LogP contribution >= 0.6 is 15.9 Å². The predicted octanol–water partition coefficient (Wildman–Crippen LogP) is 2.92. The van der Waals surface area contributed by atoms with Crippen LogP contribution in [0.1, 0.15) is 11.7 Å². The summed E-state index contributed by atoms with van der Waals surface area (Å²) in [7, 11) is 0. The van der Waals surface area contributed by atoms with E-state index >= 15 is 0 Å². The van der Waals surface area contributed by atoms with E-state index in [-0.39, 0.29) is 6.10 Å². The number of halogens is 1. The molecular formula is C13H13BrN2O. The zero-order valence-electron chi connectivity index (χ0n) is 9.21. The van der Waals surface area contributed by atoms with Gasteiger partial charge in [-0.3, -0.25) is 4.98 Å². The molecule has 0 radical (unpaired) electrons. The minimum absolute atomic E-state index is 0.146. The second-order valence-corrected chi connectivity index (χ2v) is 4.50. The van der Waals surface area contributed by atoms with E-state index < -0.39 is 0 Å². The van der Waals surface area contributed by atoms with Gasteiger partial charge in [-0.1, -0.05) is 22.0 Å². The summed E-state index contributed by atoms with van der Waals surface area (Å²) in [6, 6.07) is 11.5. The summed E-state index contributed by atoms with van der Waals surface area (Å²) in [5.74, 6) is 0.798. The van der Waals surface area contributed by atoms with Crippen molar-refractivity contribution in [3.05, 3.63) is 58.8 Å². The van der Waals surface area contributed by atoms with Crippen LogP contribution in [0.15, 0.2) is 53.3 Å². The number of nitrogens with zero attached hydrogens (tertiary/aromatic N) is 1. The maximum atomic E-state index is 5.85. The molecule has 0 saturated heterocycles. The van der Waals surface area contributed by atoms with Crippen LogP contribution in [0.4, 0.5) is 0 Å². The molecule has 0 bridgehead atoms. The largest absolute Gasteiger partial charge is 0.484 e. The van der Waals surface area contributed by atoms with Crippen molar-refractivity contribution < 1.29 is 4.74 Å². The number of nitrogens with two attached hydrogens (primary N) is 1. The first kappa shape index (κ1) is 12.1. The Hall–Kier alpha value is -1.39. The highest BCUT2D eigenvalue weighted by atomic mass is 79.9. The van der Waals surface area contributed by atoms with Gasteiger partial charge in [0.25, 0.3) is 0 Å². The van der Waals surface area contributed by atoms with Crippen LogP contribution in [-0.4, -0.2) is 11.5 Å². The number of rotatable bonds is 4. The molecule has 2 aromatic rings. The number of hydrogen-bond acceptors (Lipinski definition) is 3. The lowest BCUT2D eigenvalue weighted by atomic mass is 10.1. The van der Waals surface area contributed by atoms with Gasteiger partial charge in [-0.05, 0) is 35.9 Å². The van der Waals surface area contributed by atoms with Crippen molar-refractivity contribution in [2.75, 3.05) is 6.54 Å². The van der Waals surface area contributed by atoms with Crippen molar-refractivity contribution in [3.8, 4) is 5.75 Å². The number of ether oxygens (including phenoxy) is 1. The molecule has 1 atom stereocenters. The summed E-state index contributed by atoms with van der Waals surface area (Å²) in [4.78, 5) is 3.98. The molecule has 2 rings (SSSR count). The summed E-state index contributed by atoms with van der Waals surface area (Å²) < 4.78 is 6.83. The Morgan fingerprint density at radius 3 is 2.65 bits per heavy atom. The smallest absolute Gasteiger partial charge is 0.136 e. The van der Waals surface area contributed by atoms with Crippen molar-refractivity contribution in [1.29, 1.82) is 0 Å². The fourth-order valence-corrected chi connectivity index (χ4v) is 1.91. The lowest BCUT2D eigenvalue weighted by Crippen LogP contribution is -2.18. The summed E-state index contributed by atoms with van der Waals surface area (Å²) in [6.07, 6.45) is 3.33. The maximum Gasteiger partial charge on any atom is 0.136 e. The highest BCUT2D eigenvalue weighted by Gasteiger charge is 2.11. The van der Waals surface area contributed by atoms with E-state index in [4.69, 9.17) is 10.5 Å². The molecule has 2 N–H and O–H groups in total. The Labute approximate surface area is 109 Å². The van der Waals surface area contributed by atoms with Gasteiger partial charge in [-0.15, -0.1) is 0 Å². The monoisotopic (exact) mass is 292 g/mol. The molecule has 0 saturated carbocycles. The van der Waals surface area contributed by atoms with Crippen molar-refractivity contribution in [1.82, 2.24) is 4.98 Å². The van der Waals surface area contributed by atoms with Crippen LogP contribution in [-0.2, 0) is 0 Å². The van der Waals surface area contributed by atoms with Crippen molar-refractivity contribution >= 4 is 15.9 Å². The fourth-order valence-electron chi connectivity index (χ4n) is 1.53. The van der Waals surface area contributed by atoms with Crippen LogP contribution in [0, 0.1) is 0 Å². The lowest BCUT2D eigenvalue weighted by molar-refractivity contribution is 0.214. The number of hydrogen-bond donors (Lipinski definition) is 1. The van der Waals surface area contributed by atoms with Crippen LogP contribution in [0.25, 0.3) is 0 Å². The van der Waals surface area contributed by atoms with Crippen molar-refractivity contribution in [2.45, 2.75) is 6.10 Å². The fraction of sp³-hybridized carbons (Fsp3) is 0.154. The van der Waals surface area contributed by atoms with E-state index in [1.807, 2.05) is 36.4 Å². The van der Waals surface area contributed by atoms with Crippen LogP contribution < -0.4 is 10.5 Å². The molecule has 0 amide bonds. The molecule has 0 spiro atoms. The van der Waals surface area contributed by atoms with Gasteiger partial charge in [0.15, 0.2) is 0 Å². The maximum absolute atomic E-state index is 5.85. The molecule has 0 aliphatic rings. The Kier molecular flexibility index (Phi) is 4.12. The van der Waals surface area contributed by atoms with E-state index in [9.17, 15) is 0 Å². The normalized spacial score (nSPS) is 12.1. The van der Waals surface area contributed by atoms with Crippen LogP contribution in [0.3, 0.4) is 0 Å². The first-order chi connectivity index (χ1) is 8.29. The van der Waals surface area contributed by atoms with E-state index in [2.05, 4.69) is 20.9 Å². The summed E-state index contributed by atoms with van der Waals surface area (Å²) in [6.45, 7) is 0.427. The Morgan fingerprint density at radius 2 is 2.00 bits per heavy atom. The molecule has 88 valence electrons. The molecule has 1 aromatic heterocycles. The van der Waals surface area contributed by atoms with Gasteiger partial charge in [0.05, 0.1) is 0 Å². The molecule has 0 aliphatic heterocycles. The SMILES string of the molecule is NCC(Oc1cccc(Br)c1)c1ccncc1. The molecule has 3 nitrogen and oxygen atoms in total. The molecule has 17 heavy (non-hydrogen) atoms. The van der Waals surface area contributed by atoms with Gasteiger partial charge < -0.3 is 10.5 Å². The second kappa shape index (κ2) is 5.80. The predicted molar refractivity (Wildman–Crippen MR) is 70.8 cm³/mol. The van der Waals surface area contributed by atoms with Gasteiger partial charge in [0.1, 0.15) is 11.9 Å². The molecule has 4 heteroatoms. The van der Waals surface area contributed by atoms with Gasteiger partial charge in [0, 0.05) is 23.4 Å². The molecule has 1 unspecified atom stereocenters. The van der Waals surface area contributed by atoms with Crippen molar-refractivity contribution in [2.24, 2.45) is 5.73 Å². The Balaban J connectivity index is 2.16. The first-order valence-corrected chi connectivity index (χ1v) is 6.11. The number of aromatic nitrogens is 1. The van der Waals surface area contributed by atoms with Crippen molar-refractivity contribution in [3.63, 3.8) is 0 Å². The zero-order valence-corrected chi connectivity index (χ0v) is 10.8. The van der Waals surface area contributed by atoms with E-state index in [1.54, 1.807) is 12.4 Å². The quantitative estimate of drug-likeness (QED) is 0.943. The minimum atomic E-state index is -0.146. The van der Waals surface area contributed by atoms with Crippen LogP contribution in [0.5, 0.6) is 5.75 Å².